The van der Waals surface area contributed by atoms with Gasteiger partial charge in [0, 0.05) is 0 Å². The first kappa shape index (κ1) is 12.2. The summed E-state index contributed by atoms with van der Waals surface area (Å²) in [6.07, 6.45) is -4.81. The lowest BCUT2D eigenvalue weighted by Gasteiger charge is -2.13. The molecule has 2 nitrogen and oxygen atoms in total. The normalized spacial score (nSPS) is 11.3. The van der Waals surface area contributed by atoms with Crippen LogP contribution in [-0.4, -0.2) is 6.61 Å². The highest BCUT2D eigenvalue weighted by Gasteiger charge is 2.35. The SMILES string of the molecule is N#Cc1ccc(C(F)(F)F)c(OC(F)F)c1. The van der Waals surface area contributed by atoms with Gasteiger partial charge in [-0.05, 0) is 18.2 Å². The zero-order chi connectivity index (χ0) is 12.3. The van der Waals surface area contributed by atoms with Crippen molar-refractivity contribution in [1.82, 2.24) is 0 Å². The van der Waals surface area contributed by atoms with E-state index in [1.54, 1.807) is 0 Å². The van der Waals surface area contributed by atoms with Crippen LogP contribution in [0.4, 0.5) is 22.0 Å². The Labute approximate surface area is 86.9 Å². The Morgan fingerprint density at radius 1 is 1.25 bits per heavy atom. The summed E-state index contributed by atoms with van der Waals surface area (Å²) in [5, 5.41) is 8.42. The van der Waals surface area contributed by atoms with Crippen LogP contribution in [-0.2, 0) is 6.18 Å². The molecule has 7 heteroatoms. The molecule has 1 rings (SSSR count). The van der Waals surface area contributed by atoms with Gasteiger partial charge in [0.1, 0.15) is 5.75 Å². The largest absolute Gasteiger partial charge is 0.434 e. The smallest absolute Gasteiger partial charge is 0.419 e. The lowest BCUT2D eigenvalue weighted by Crippen LogP contribution is -2.11. The first-order valence-electron chi connectivity index (χ1n) is 3.90. The van der Waals surface area contributed by atoms with Crippen LogP contribution in [0, 0.1) is 11.3 Å². The molecule has 0 N–H and O–H groups in total. The minimum atomic E-state index is -4.81. The number of nitrogens with zero attached hydrogens (tertiary/aromatic N) is 1. The fourth-order valence-corrected chi connectivity index (χ4v) is 1.02. The summed E-state index contributed by atoms with van der Waals surface area (Å²) in [5.74, 6) is -1.05. The Morgan fingerprint density at radius 3 is 2.31 bits per heavy atom. The van der Waals surface area contributed by atoms with Crippen molar-refractivity contribution in [2.45, 2.75) is 12.8 Å². The summed E-state index contributed by atoms with van der Waals surface area (Å²) >= 11 is 0. The van der Waals surface area contributed by atoms with E-state index >= 15 is 0 Å². The third kappa shape index (κ3) is 2.82. The highest BCUT2D eigenvalue weighted by atomic mass is 19.4. The monoisotopic (exact) mass is 237 g/mol. The van der Waals surface area contributed by atoms with Crippen molar-refractivity contribution >= 4 is 0 Å². The molecular formula is C9H4F5NO. The predicted octanol–water partition coefficient (Wildman–Crippen LogP) is 3.18. The number of benzene rings is 1. The van der Waals surface area contributed by atoms with Crippen molar-refractivity contribution in [2.24, 2.45) is 0 Å². The Bertz CT molecular complexity index is 421. The Hall–Kier alpha value is -1.84. The van der Waals surface area contributed by atoms with Crippen molar-refractivity contribution in [3.05, 3.63) is 29.3 Å². The second kappa shape index (κ2) is 4.35. The molecule has 0 aliphatic carbocycles. The van der Waals surface area contributed by atoms with E-state index in [0.717, 1.165) is 6.07 Å². The number of rotatable bonds is 2. The van der Waals surface area contributed by atoms with E-state index in [9.17, 15) is 22.0 Å². The number of hydrogen-bond donors (Lipinski definition) is 0. The molecule has 1 aromatic rings. The molecular weight excluding hydrogens is 233 g/mol. The molecule has 0 amide bonds. The van der Waals surface area contributed by atoms with Gasteiger partial charge in [0.15, 0.2) is 0 Å². The molecule has 0 atom stereocenters. The molecule has 0 saturated carbocycles. The highest BCUT2D eigenvalue weighted by Crippen LogP contribution is 2.37. The molecule has 0 unspecified atom stereocenters. The van der Waals surface area contributed by atoms with Crippen molar-refractivity contribution < 1.29 is 26.7 Å². The number of ether oxygens (including phenoxy) is 1. The highest BCUT2D eigenvalue weighted by molar-refractivity contribution is 5.43. The zero-order valence-corrected chi connectivity index (χ0v) is 7.55. The van der Waals surface area contributed by atoms with E-state index in [4.69, 9.17) is 5.26 Å². The van der Waals surface area contributed by atoms with Crippen molar-refractivity contribution in [3.8, 4) is 11.8 Å². The molecule has 0 bridgehead atoms. The Morgan fingerprint density at radius 2 is 1.88 bits per heavy atom. The standard InChI is InChI=1S/C9H4F5NO/c10-8(11)16-7-3-5(4-15)1-2-6(7)9(12,13)14/h1-3,8H. The van der Waals surface area contributed by atoms with Gasteiger partial charge in [-0.2, -0.15) is 27.2 Å². The molecule has 0 radical (unpaired) electrons. The summed E-state index contributed by atoms with van der Waals surface area (Å²) in [6.45, 7) is -3.38. The Kier molecular flexibility index (Phi) is 3.32. The summed E-state index contributed by atoms with van der Waals surface area (Å²) in [6, 6.07) is 3.55. The van der Waals surface area contributed by atoms with Gasteiger partial charge in [0.2, 0.25) is 0 Å². The van der Waals surface area contributed by atoms with Crippen LogP contribution in [0.2, 0.25) is 0 Å². The Balaban J connectivity index is 3.23. The van der Waals surface area contributed by atoms with Crippen LogP contribution in [0.25, 0.3) is 0 Å². The third-order valence-electron chi connectivity index (χ3n) is 1.63. The second-order valence-corrected chi connectivity index (χ2v) is 2.70. The second-order valence-electron chi connectivity index (χ2n) is 2.70. The lowest BCUT2D eigenvalue weighted by atomic mass is 10.1. The van der Waals surface area contributed by atoms with Crippen LogP contribution >= 0.6 is 0 Å². The summed E-state index contributed by atoms with van der Waals surface area (Å²) in [5.41, 5.74) is -1.53. The van der Waals surface area contributed by atoms with E-state index < -0.39 is 24.1 Å². The van der Waals surface area contributed by atoms with E-state index in [1.807, 2.05) is 0 Å². The molecule has 16 heavy (non-hydrogen) atoms. The van der Waals surface area contributed by atoms with Crippen molar-refractivity contribution in [1.29, 1.82) is 5.26 Å². The molecule has 1 aromatic carbocycles. The van der Waals surface area contributed by atoms with Crippen LogP contribution in [0.5, 0.6) is 5.75 Å². The summed E-state index contributed by atoms with van der Waals surface area (Å²) < 4.78 is 64.4. The fourth-order valence-electron chi connectivity index (χ4n) is 1.02. The van der Waals surface area contributed by atoms with Gasteiger partial charge in [-0.15, -0.1) is 0 Å². The summed E-state index contributed by atoms with van der Waals surface area (Å²) in [7, 11) is 0. The van der Waals surface area contributed by atoms with Crippen LogP contribution in [0.3, 0.4) is 0 Å². The van der Waals surface area contributed by atoms with Crippen LogP contribution in [0.1, 0.15) is 11.1 Å². The van der Waals surface area contributed by atoms with Gasteiger partial charge < -0.3 is 4.74 Å². The quantitative estimate of drug-likeness (QED) is 0.740. The first-order chi connectivity index (χ1) is 7.34. The van der Waals surface area contributed by atoms with Gasteiger partial charge in [0.25, 0.3) is 0 Å². The maximum atomic E-state index is 12.3. The van der Waals surface area contributed by atoms with Gasteiger partial charge >= 0.3 is 12.8 Å². The van der Waals surface area contributed by atoms with E-state index in [-0.39, 0.29) is 5.56 Å². The number of alkyl halides is 5. The fraction of sp³-hybridized carbons (Fsp3) is 0.222. The molecule has 0 aromatic heterocycles. The minimum Gasteiger partial charge on any atom is -0.434 e. The number of halogens is 5. The third-order valence-corrected chi connectivity index (χ3v) is 1.63. The average Bonchev–Trinajstić information content (AvgIpc) is 2.14. The van der Waals surface area contributed by atoms with E-state index in [0.29, 0.717) is 12.1 Å². The zero-order valence-electron chi connectivity index (χ0n) is 7.55. The first-order valence-corrected chi connectivity index (χ1v) is 3.90. The van der Waals surface area contributed by atoms with E-state index in [2.05, 4.69) is 4.74 Å². The van der Waals surface area contributed by atoms with Gasteiger partial charge in [0.05, 0.1) is 17.2 Å². The number of hydrogen-bond acceptors (Lipinski definition) is 2. The van der Waals surface area contributed by atoms with Gasteiger partial charge in [-0.3, -0.25) is 0 Å². The summed E-state index contributed by atoms with van der Waals surface area (Å²) in [4.78, 5) is 0. The molecule has 0 heterocycles. The molecule has 86 valence electrons. The molecule has 0 fully saturated rings. The van der Waals surface area contributed by atoms with Crippen LogP contribution < -0.4 is 4.74 Å². The maximum absolute atomic E-state index is 12.3. The maximum Gasteiger partial charge on any atom is 0.419 e. The van der Waals surface area contributed by atoms with Crippen molar-refractivity contribution in [2.75, 3.05) is 0 Å². The van der Waals surface area contributed by atoms with Gasteiger partial charge in [-0.25, -0.2) is 0 Å². The molecule has 0 spiro atoms. The molecule has 0 aliphatic heterocycles. The van der Waals surface area contributed by atoms with Crippen LogP contribution in [0.15, 0.2) is 18.2 Å². The predicted molar refractivity (Wildman–Crippen MR) is 42.8 cm³/mol. The van der Waals surface area contributed by atoms with E-state index in [1.165, 1.54) is 6.07 Å². The topological polar surface area (TPSA) is 33.0 Å². The minimum absolute atomic E-state index is 0.191. The lowest BCUT2D eigenvalue weighted by molar-refractivity contribution is -0.141. The molecule has 0 aliphatic rings. The average molecular weight is 237 g/mol. The van der Waals surface area contributed by atoms with Gasteiger partial charge in [-0.1, -0.05) is 0 Å². The van der Waals surface area contributed by atoms with Crippen molar-refractivity contribution in [3.63, 3.8) is 0 Å². The number of nitriles is 1. The molecule has 0 saturated heterocycles.